The Morgan fingerprint density at radius 2 is 1.92 bits per heavy atom. The van der Waals surface area contributed by atoms with E-state index >= 15 is 0 Å². The SMILES string of the molecule is Cl.N[C@@H]1CN(C(=O)C2Cc3cc(Cl)ccc3O2)C[C@H]1c1ccccc1. The lowest BCUT2D eigenvalue weighted by Gasteiger charge is -2.20. The molecule has 1 amide bonds. The molecule has 0 spiro atoms. The summed E-state index contributed by atoms with van der Waals surface area (Å²) < 4.78 is 5.82. The number of halogens is 2. The van der Waals surface area contributed by atoms with Crippen molar-refractivity contribution in [1.82, 2.24) is 4.90 Å². The van der Waals surface area contributed by atoms with E-state index in [0.717, 1.165) is 11.3 Å². The number of ether oxygens (including phenoxy) is 1. The molecule has 3 atom stereocenters. The molecule has 0 saturated carbocycles. The Balaban J connectivity index is 0.00000182. The van der Waals surface area contributed by atoms with E-state index in [1.54, 1.807) is 6.07 Å². The molecule has 4 rings (SSSR count). The number of hydrogen-bond acceptors (Lipinski definition) is 3. The summed E-state index contributed by atoms with van der Waals surface area (Å²) in [5.74, 6) is 0.936. The first-order valence-corrected chi connectivity index (χ1v) is 8.54. The van der Waals surface area contributed by atoms with E-state index in [0.29, 0.717) is 24.5 Å². The van der Waals surface area contributed by atoms with E-state index in [1.165, 1.54) is 5.56 Å². The third kappa shape index (κ3) is 3.47. The number of nitrogens with zero attached hydrogens (tertiary/aromatic N) is 1. The molecule has 1 unspecified atom stereocenters. The molecule has 2 N–H and O–H groups in total. The summed E-state index contributed by atoms with van der Waals surface area (Å²) in [7, 11) is 0. The predicted molar refractivity (Wildman–Crippen MR) is 101 cm³/mol. The zero-order valence-corrected chi connectivity index (χ0v) is 15.2. The number of carbonyl (C=O) groups excluding carboxylic acids is 1. The third-order valence-corrected chi connectivity index (χ3v) is 5.11. The van der Waals surface area contributed by atoms with Gasteiger partial charge in [0.05, 0.1) is 0 Å². The molecule has 0 aromatic heterocycles. The minimum Gasteiger partial charge on any atom is -0.480 e. The fraction of sp³-hybridized carbons (Fsp3) is 0.316. The van der Waals surface area contributed by atoms with E-state index < -0.39 is 6.10 Å². The van der Waals surface area contributed by atoms with Crippen LogP contribution in [-0.2, 0) is 11.2 Å². The van der Waals surface area contributed by atoms with E-state index in [9.17, 15) is 4.79 Å². The highest BCUT2D eigenvalue weighted by molar-refractivity contribution is 6.30. The second kappa shape index (κ2) is 7.24. The van der Waals surface area contributed by atoms with Crippen LogP contribution in [0.5, 0.6) is 5.75 Å². The molecule has 132 valence electrons. The van der Waals surface area contributed by atoms with Gasteiger partial charge >= 0.3 is 0 Å². The molecule has 1 saturated heterocycles. The maximum atomic E-state index is 12.8. The van der Waals surface area contributed by atoms with Crippen molar-refractivity contribution in [3.8, 4) is 5.75 Å². The minimum atomic E-state index is -0.472. The number of rotatable bonds is 2. The Hall–Kier alpha value is -1.75. The fourth-order valence-electron chi connectivity index (χ4n) is 3.62. The molecule has 2 aromatic rings. The average molecular weight is 379 g/mol. The van der Waals surface area contributed by atoms with Gasteiger partial charge in [-0.05, 0) is 29.3 Å². The van der Waals surface area contributed by atoms with Gasteiger partial charge in [0.2, 0.25) is 0 Å². The van der Waals surface area contributed by atoms with Crippen LogP contribution in [0.4, 0.5) is 0 Å². The van der Waals surface area contributed by atoms with Crippen LogP contribution in [0.15, 0.2) is 48.5 Å². The monoisotopic (exact) mass is 378 g/mol. The highest BCUT2D eigenvalue weighted by Gasteiger charge is 2.39. The fourth-order valence-corrected chi connectivity index (χ4v) is 3.82. The van der Waals surface area contributed by atoms with Crippen LogP contribution in [-0.4, -0.2) is 36.0 Å². The van der Waals surface area contributed by atoms with E-state index in [-0.39, 0.29) is 30.3 Å². The smallest absolute Gasteiger partial charge is 0.264 e. The first kappa shape index (κ1) is 18.1. The Morgan fingerprint density at radius 3 is 2.68 bits per heavy atom. The van der Waals surface area contributed by atoms with Crippen molar-refractivity contribution in [2.45, 2.75) is 24.5 Å². The molecule has 2 aliphatic heterocycles. The van der Waals surface area contributed by atoms with E-state index in [4.69, 9.17) is 22.1 Å². The first-order valence-electron chi connectivity index (χ1n) is 8.16. The highest BCUT2D eigenvalue weighted by Crippen LogP contribution is 2.33. The largest absolute Gasteiger partial charge is 0.480 e. The van der Waals surface area contributed by atoms with E-state index in [1.807, 2.05) is 35.2 Å². The Morgan fingerprint density at radius 1 is 1.16 bits per heavy atom. The number of fused-ring (bicyclic) bond motifs is 1. The summed E-state index contributed by atoms with van der Waals surface area (Å²) in [4.78, 5) is 14.7. The van der Waals surface area contributed by atoms with Crippen molar-refractivity contribution in [1.29, 1.82) is 0 Å². The zero-order valence-electron chi connectivity index (χ0n) is 13.6. The summed E-state index contributed by atoms with van der Waals surface area (Å²) in [6.45, 7) is 1.20. The normalized spacial score (nSPS) is 24.4. The molecular formula is C19H20Cl2N2O2. The third-order valence-electron chi connectivity index (χ3n) is 4.88. The predicted octanol–water partition coefficient (Wildman–Crippen LogP) is 3.02. The van der Waals surface area contributed by atoms with Crippen LogP contribution < -0.4 is 10.5 Å². The highest BCUT2D eigenvalue weighted by atomic mass is 35.5. The Kier molecular flexibility index (Phi) is 5.23. The number of carbonyl (C=O) groups is 1. The van der Waals surface area contributed by atoms with Crippen LogP contribution in [0, 0.1) is 0 Å². The van der Waals surface area contributed by atoms with Crippen molar-refractivity contribution in [3.05, 3.63) is 64.7 Å². The standard InChI is InChI=1S/C19H19ClN2O2.ClH/c20-14-6-7-17-13(8-14)9-18(24-17)19(23)22-10-15(16(21)11-22)12-4-2-1-3-5-12;/h1-8,15-16,18H,9-11,21H2;1H/t15-,16+,18?;/m0./s1. The topological polar surface area (TPSA) is 55.6 Å². The molecule has 2 aliphatic rings. The van der Waals surface area contributed by atoms with Crippen LogP contribution in [0.2, 0.25) is 5.02 Å². The molecule has 2 heterocycles. The summed E-state index contributed by atoms with van der Waals surface area (Å²) in [5.41, 5.74) is 8.46. The zero-order chi connectivity index (χ0) is 16.7. The van der Waals surface area contributed by atoms with Gasteiger partial charge in [-0.25, -0.2) is 0 Å². The minimum absolute atomic E-state index is 0. The molecule has 4 nitrogen and oxygen atoms in total. The van der Waals surface area contributed by atoms with Crippen molar-refractivity contribution >= 4 is 29.9 Å². The van der Waals surface area contributed by atoms with Crippen molar-refractivity contribution < 1.29 is 9.53 Å². The maximum Gasteiger partial charge on any atom is 0.264 e. The van der Waals surface area contributed by atoms with Crippen molar-refractivity contribution in [2.75, 3.05) is 13.1 Å². The number of benzene rings is 2. The summed E-state index contributed by atoms with van der Waals surface area (Å²) in [5, 5.41) is 0.665. The lowest BCUT2D eigenvalue weighted by atomic mass is 9.95. The van der Waals surface area contributed by atoms with Gasteiger partial charge in [0.15, 0.2) is 6.10 Å². The van der Waals surface area contributed by atoms with Crippen LogP contribution >= 0.6 is 24.0 Å². The number of likely N-dealkylation sites (tertiary alicyclic amines) is 1. The van der Waals surface area contributed by atoms with Gasteiger partial charge in [-0.3, -0.25) is 4.79 Å². The quantitative estimate of drug-likeness (QED) is 0.873. The number of amides is 1. The lowest BCUT2D eigenvalue weighted by Crippen LogP contribution is -2.41. The molecule has 25 heavy (non-hydrogen) atoms. The second-order valence-corrected chi connectivity index (χ2v) is 6.92. The van der Waals surface area contributed by atoms with Crippen LogP contribution in [0.25, 0.3) is 0 Å². The van der Waals surface area contributed by atoms with Gasteiger partial charge in [-0.15, -0.1) is 12.4 Å². The van der Waals surface area contributed by atoms with Gasteiger partial charge in [0.25, 0.3) is 5.91 Å². The number of hydrogen-bond donors (Lipinski definition) is 1. The summed E-state index contributed by atoms with van der Waals surface area (Å²) >= 11 is 6.02. The Bertz CT molecular complexity index is 769. The van der Waals surface area contributed by atoms with Crippen LogP contribution in [0.1, 0.15) is 17.0 Å². The molecular weight excluding hydrogens is 359 g/mol. The molecule has 1 fully saturated rings. The van der Waals surface area contributed by atoms with Gasteiger partial charge < -0.3 is 15.4 Å². The molecule has 0 radical (unpaired) electrons. The Labute approximate surface area is 158 Å². The molecule has 0 aliphatic carbocycles. The van der Waals surface area contributed by atoms with Gasteiger partial charge in [0.1, 0.15) is 5.75 Å². The number of nitrogens with two attached hydrogens (primary N) is 1. The molecule has 0 bridgehead atoms. The van der Waals surface area contributed by atoms with Crippen LogP contribution in [0.3, 0.4) is 0 Å². The average Bonchev–Trinajstić information content (AvgIpc) is 3.18. The van der Waals surface area contributed by atoms with Crippen molar-refractivity contribution in [3.63, 3.8) is 0 Å². The van der Waals surface area contributed by atoms with Gasteiger partial charge in [-0.1, -0.05) is 41.9 Å². The first-order chi connectivity index (χ1) is 11.6. The lowest BCUT2D eigenvalue weighted by molar-refractivity contribution is -0.136. The second-order valence-electron chi connectivity index (χ2n) is 6.49. The van der Waals surface area contributed by atoms with Crippen molar-refractivity contribution in [2.24, 2.45) is 5.73 Å². The summed E-state index contributed by atoms with van der Waals surface area (Å²) in [6.07, 6.45) is 0.0939. The molecule has 6 heteroatoms. The molecule has 2 aromatic carbocycles. The van der Waals surface area contributed by atoms with Gasteiger partial charge in [0, 0.05) is 36.5 Å². The summed E-state index contributed by atoms with van der Waals surface area (Å²) in [6, 6.07) is 15.6. The maximum absolute atomic E-state index is 12.8. The van der Waals surface area contributed by atoms with Gasteiger partial charge in [-0.2, -0.15) is 0 Å². The van der Waals surface area contributed by atoms with E-state index in [2.05, 4.69) is 12.1 Å².